The summed E-state index contributed by atoms with van der Waals surface area (Å²) in [7, 11) is -0.755. The highest BCUT2D eigenvalue weighted by Crippen LogP contribution is 2.11. The number of carbonyl (C=O) groups excluding carboxylic acids is 1. The SMILES string of the molecule is Cc1ccc(OCC(=O)N2CCS(=O)CC2)cc1. The fraction of sp³-hybridized carbons (Fsp3) is 0.462. The number of ether oxygens (including phenoxy) is 1. The van der Waals surface area contributed by atoms with Crippen LogP contribution in [-0.2, 0) is 15.6 Å². The second-order valence-corrected chi connectivity index (χ2v) is 6.03. The first-order valence-corrected chi connectivity index (χ1v) is 7.46. The fourth-order valence-electron chi connectivity index (χ4n) is 1.76. The number of aryl methyl sites for hydroxylation is 1. The number of hydrogen-bond acceptors (Lipinski definition) is 3. The summed E-state index contributed by atoms with van der Waals surface area (Å²) >= 11 is 0. The molecule has 1 aromatic carbocycles. The van der Waals surface area contributed by atoms with E-state index in [1.807, 2.05) is 31.2 Å². The lowest BCUT2D eigenvalue weighted by Crippen LogP contribution is -2.43. The molecule has 1 amide bonds. The van der Waals surface area contributed by atoms with E-state index in [2.05, 4.69) is 0 Å². The molecule has 0 bridgehead atoms. The summed E-state index contributed by atoms with van der Waals surface area (Å²) in [6.07, 6.45) is 0. The van der Waals surface area contributed by atoms with Gasteiger partial charge in [-0.1, -0.05) is 17.7 Å². The van der Waals surface area contributed by atoms with Gasteiger partial charge in [-0.05, 0) is 19.1 Å². The van der Waals surface area contributed by atoms with Crippen LogP contribution in [0.5, 0.6) is 5.75 Å². The van der Waals surface area contributed by atoms with Crippen LogP contribution >= 0.6 is 0 Å². The average molecular weight is 267 g/mol. The number of amides is 1. The predicted molar refractivity (Wildman–Crippen MR) is 71.1 cm³/mol. The first-order chi connectivity index (χ1) is 8.65. The van der Waals surface area contributed by atoms with Crippen LogP contribution in [0.3, 0.4) is 0 Å². The standard InChI is InChI=1S/C13H17NO3S/c1-11-2-4-12(5-3-11)17-10-13(15)14-6-8-18(16)9-7-14/h2-5H,6-10H2,1H3. The van der Waals surface area contributed by atoms with Crippen LogP contribution in [0.4, 0.5) is 0 Å². The molecule has 0 radical (unpaired) electrons. The molecule has 0 N–H and O–H groups in total. The van der Waals surface area contributed by atoms with E-state index in [9.17, 15) is 9.00 Å². The second kappa shape index (κ2) is 6.00. The Morgan fingerprint density at radius 3 is 2.50 bits per heavy atom. The molecule has 1 heterocycles. The third-order valence-corrected chi connectivity index (χ3v) is 4.19. The quantitative estimate of drug-likeness (QED) is 0.819. The first kappa shape index (κ1) is 13.1. The van der Waals surface area contributed by atoms with Gasteiger partial charge in [0.25, 0.3) is 5.91 Å². The van der Waals surface area contributed by atoms with E-state index in [4.69, 9.17) is 4.74 Å². The Morgan fingerprint density at radius 2 is 1.89 bits per heavy atom. The summed E-state index contributed by atoms with van der Waals surface area (Å²) in [5.41, 5.74) is 1.16. The summed E-state index contributed by atoms with van der Waals surface area (Å²) in [4.78, 5) is 13.6. The number of benzene rings is 1. The number of carbonyl (C=O) groups is 1. The molecule has 5 heteroatoms. The van der Waals surface area contributed by atoms with Gasteiger partial charge in [-0.25, -0.2) is 0 Å². The molecule has 2 rings (SSSR count). The average Bonchev–Trinajstić information content (AvgIpc) is 2.38. The summed E-state index contributed by atoms with van der Waals surface area (Å²) in [5.74, 6) is 1.83. The van der Waals surface area contributed by atoms with Gasteiger partial charge in [0.05, 0.1) is 0 Å². The zero-order valence-electron chi connectivity index (χ0n) is 10.4. The Kier molecular flexibility index (Phi) is 4.36. The fourth-order valence-corrected chi connectivity index (χ4v) is 2.81. The van der Waals surface area contributed by atoms with Crippen LogP contribution in [0.15, 0.2) is 24.3 Å². The molecule has 0 spiro atoms. The van der Waals surface area contributed by atoms with Crippen LogP contribution in [0.2, 0.25) is 0 Å². The highest BCUT2D eigenvalue weighted by atomic mass is 32.2. The highest BCUT2D eigenvalue weighted by Gasteiger charge is 2.20. The van der Waals surface area contributed by atoms with Crippen molar-refractivity contribution in [1.82, 2.24) is 4.90 Å². The van der Waals surface area contributed by atoms with Gasteiger partial charge < -0.3 is 9.64 Å². The van der Waals surface area contributed by atoms with Crippen LogP contribution < -0.4 is 4.74 Å². The van der Waals surface area contributed by atoms with Crippen LogP contribution in [-0.4, -0.2) is 46.2 Å². The van der Waals surface area contributed by atoms with Gasteiger partial charge in [-0.3, -0.25) is 9.00 Å². The minimum absolute atomic E-state index is 0.0349. The Bertz CT molecular complexity index is 434. The molecule has 98 valence electrons. The van der Waals surface area contributed by atoms with E-state index in [0.29, 0.717) is 30.3 Å². The minimum Gasteiger partial charge on any atom is -0.484 e. The van der Waals surface area contributed by atoms with Crippen molar-refractivity contribution in [3.8, 4) is 5.75 Å². The maximum absolute atomic E-state index is 11.8. The van der Waals surface area contributed by atoms with Gasteiger partial charge in [-0.15, -0.1) is 0 Å². The maximum atomic E-state index is 11.8. The lowest BCUT2D eigenvalue weighted by atomic mass is 10.2. The molecular weight excluding hydrogens is 250 g/mol. The van der Waals surface area contributed by atoms with Gasteiger partial charge in [-0.2, -0.15) is 0 Å². The number of hydrogen-bond donors (Lipinski definition) is 0. The summed E-state index contributed by atoms with van der Waals surface area (Å²) in [6, 6.07) is 7.61. The Labute approximate surface area is 109 Å². The molecule has 1 saturated heterocycles. The Hall–Kier alpha value is -1.36. The molecule has 1 fully saturated rings. The third kappa shape index (κ3) is 3.57. The first-order valence-electron chi connectivity index (χ1n) is 5.97. The number of nitrogens with zero attached hydrogens (tertiary/aromatic N) is 1. The maximum Gasteiger partial charge on any atom is 0.260 e. The monoisotopic (exact) mass is 267 g/mol. The van der Waals surface area contributed by atoms with E-state index in [1.165, 1.54) is 0 Å². The lowest BCUT2D eigenvalue weighted by Gasteiger charge is -2.26. The van der Waals surface area contributed by atoms with Gasteiger partial charge in [0, 0.05) is 35.4 Å². The predicted octanol–water partition coefficient (Wildman–Crippen LogP) is 0.965. The van der Waals surface area contributed by atoms with E-state index >= 15 is 0 Å². The van der Waals surface area contributed by atoms with Gasteiger partial charge in [0.2, 0.25) is 0 Å². The third-order valence-electron chi connectivity index (χ3n) is 2.91. The van der Waals surface area contributed by atoms with Crippen molar-refractivity contribution in [3.05, 3.63) is 29.8 Å². The summed E-state index contributed by atoms with van der Waals surface area (Å²) < 4.78 is 16.6. The van der Waals surface area contributed by atoms with Crippen molar-refractivity contribution in [1.29, 1.82) is 0 Å². The van der Waals surface area contributed by atoms with Crippen molar-refractivity contribution in [3.63, 3.8) is 0 Å². The molecule has 0 atom stereocenters. The van der Waals surface area contributed by atoms with Crippen molar-refractivity contribution in [2.75, 3.05) is 31.2 Å². The van der Waals surface area contributed by atoms with E-state index in [1.54, 1.807) is 4.90 Å². The molecule has 1 aliphatic heterocycles. The van der Waals surface area contributed by atoms with Crippen molar-refractivity contribution in [2.45, 2.75) is 6.92 Å². The molecule has 1 aromatic rings. The summed E-state index contributed by atoms with van der Waals surface area (Å²) in [6.45, 7) is 3.20. The Balaban J connectivity index is 1.81. The van der Waals surface area contributed by atoms with E-state index in [0.717, 1.165) is 5.56 Å². The van der Waals surface area contributed by atoms with E-state index < -0.39 is 10.8 Å². The molecule has 0 unspecified atom stereocenters. The smallest absolute Gasteiger partial charge is 0.260 e. The zero-order chi connectivity index (χ0) is 13.0. The van der Waals surface area contributed by atoms with Crippen LogP contribution in [0.25, 0.3) is 0 Å². The zero-order valence-corrected chi connectivity index (χ0v) is 11.2. The normalized spacial score (nSPS) is 16.6. The molecule has 0 aliphatic carbocycles. The van der Waals surface area contributed by atoms with Crippen LogP contribution in [0.1, 0.15) is 5.56 Å². The van der Waals surface area contributed by atoms with Gasteiger partial charge >= 0.3 is 0 Å². The van der Waals surface area contributed by atoms with E-state index in [-0.39, 0.29) is 12.5 Å². The summed E-state index contributed by atoms with van der Waals surface area (Å²) in [5, 5.41) is 0. The van der Waals surface area contributed by atoms with Crippen molar-refractivity contribution in [2.24, 2.45) is 0 Å². The highest BCUT2D eigenvalue weighted by molar-refractivity contribution is 7.85. The van der Waals surface area contributed by atoms with Gasteiger partial charge in [0.15, 0.2) is 6.61 Å². The largest absolute Gasteiger partial charge is 0.484 e. The number of rotatable bonds is 3. The lowest BCUT2D eigenvalue weighted by molar-refractivity contribution is -0.133. The molecular formula is C13H17NO3S. The topological polar surface area (TPSA) is 46.6 Å². The molecule has 4 nitrogen and oxygen atoms in total. The van der Waals surface area contributed by atoms with Crippen molar-refractivity contribution >= 4 is 16.7 Å². The minimum atomic E-state index is -0.755. The van der Waals surface area contributed by atoms with Gasteiger partial charge in [0.1, 0.15) is 5.75 Å². The van der Waals surface area contributed by atoms with Crippen LogP contribution in [0, 0.1) is 6.92 Å². The van der Waals surface area contributed by atoms with Crippen molar-refractivity contribution < 1.29 is 13.7 Å². The molecule has 0 aromatic heterocycles. The molecule has 0 saturated carbocycles. The molecule has 1 aliphatic rings. The second-order valence-electron chi connectivity index (χ2n) is 4.33. The molecule has 18 heavy (non-hydrogen) atoms. The Morgan fingerprint density at radius 1 is 1.28 bits per heavy atom.